The van der Waals surface area contributed by atoms with Gasteiger partial charge in [0.2, 0.25) is 0 Å². The number of ether oxygens (including phenoxy) is 1. The molecule has 0 unspecified atom stereocenters. The Morgan fingerprint density at radius 3 is 2.65 bits per heavy atom. The lowest BCUT2D eigenvalue weighted by Gasteiger charge is -2.33. The fraction of sp³-hybridized carbons (Fsp3) is 0.615. The molecule has 0 radical (unpaired) electrons. The zero-order chi connectivity index (χ0) is 14.2. The van der Waals surface area contributed by atoms with Gasteiger partial charge in [-0.05, 0) is 12.8 Å². The van der Waals surface area contributed by atoms with Crippen LogP contribution in [0.4, 0.5) is 0 Å². The number of hydrogen-bond donors (Lipinski definition) is 2. The quantitative estimate of drug-likeness (QED) is 0.850. The summed E-state index contributed by atoms with van der Waals surface area (Å²) >= 11 is 0. The molecule has 1 amide bonds. The van der Waals surface area contributed by atoms with Gasteiger partial charge in [0.1, 0.15) is 11.3 Å². The molecule has 2 N–H and O–H groups in total. The van der Waals surface area contributed by atoms with Crippen molar-refractivity contribution in [1.29, 1.82) is 0 Å². The van der Waals surface area contributed by atoms with E-state index >= 15 is 0 Å². The Hall–Kier alpha value is -1.89. The molecule has 0 spiro atoms. The van der Waals surface area contributed by atoms with Gasteiger partial charge in [-0.2, -0.15) is 0 Å². The largest absolute Gasteiger partial charge is 0.480 e. The standard InChI is InChI=1S/C13H16N2O5/c16-11(9-7-10(20-15-9)8-1-2-8)14-13(12(17)18)3-5-19-6-4-13/h7-8H,1-6H2,(H,14,16)(H,17,18). The summed E-state index contributed by atoms with van der Waals surface area (Å²) in [5.41, 5.74) is -1.13. The summed E-state index contributed by atoms with van der Waals surface area (Å²) in [6.45, 7) is 0.636. The molecule has 1 aliphatic carbocycles. The third-order valence-electron chi connectivity index (χ3n) is 3.85. The molecular weight excluding hydrogens is 264 g/mol. The number of carboxylic acid groups (broad SMARTS) is 1. The second-order valence-corrected chi connectivity index (χ2v) is 5.34. The topological polar surface area (TPSA) is 102 Å². The zero-order valence-corrected chi connectivity index (χ0v) is 10.9. The van der Waals surface area contributed by atoms with E-state index in [1.165, 1.54) is 0 Å². The fourth-order valence-corrected chi connectivity index (χ4v) is 2.35. The third-order valence-corrected chi connectivity index (χ3v) is 3.85. The van der Waals surface area contributed by atoms with Gasteiger partial charge in [-0.1, -0.05) is 5.16 Å². The number of carboxylic acids is 1. The van der Waals surface area contributed by atoms with Crippen molar-refractivity contribution in [3.63, 3.8) is 0 Å². The van der Waals surface area contributed by atoms with Crippen LogP contribution >= 0.6 is 0 Å². The van der Waals surface area contributed by atoms with Crippen molar-refractivity contribution < 1.29 is 24.0 Å². The molecule has 1 aromatic heterocycles. The molecule has 0 aromatic carbocycles. The number of aromatic nitrogens is 1. The number of amides is 1. The minimum Gasteiger partial charge on any atom is -0.480 e. The number of nitrogens with zero attached hydrogens (tertiary/aromatic N) is 1. The van der Waals surface area contributed by atoms with Crippen LogP contribution in [0.5, 0.6) is 0 Å². The first kappa shape index (κ1) is 13.1. The van der Waals surface area contributed by atoms with Crippen LogP contribution in [0.3, 0.4) is 0 Å². The van der Waals surface area contributed by atoms with Gasteiger partial charge in [0, 0.05) is 38.0 Å². The number of carbonyl (C=O) groups excluding carboxylic acids is 1. The van der Waals surface area contributed by atoms with Crippen LogP contribution in [0.15, 0.2) is 10.6 Å². The lowest BCUT2D eigenvalue weighted by Crippen LogP contribution is -2.57. The van der Waals surface area contributed by atoms with Gasteiger partial charge in [0.25, 0.3) is 5.91 Å². The van der Waals surface area contributed by atoms with Crippen LogP contribution in [0, 0.1) is 0 Å². The molecular formula is C13H16N2O5. The number of rotatable bonds is 4. The van der Waals surface area contributed by atoms with Gasteiger partial charge in [-0.15, -0.1) is 0 Å². The second kappa shape index (κ2) is 4.90. The summed E-state index contributed by atoms with van der Waals surface area (Å²) in [4.78, 5) is 23.6. The number of aliphatic carboxylic acids is 1. The average Bonchev–Trinajstić information content (AvgIpc) is 3.17. The van der Waals surface area contributed by atoms with Gasteiger partial charge >= 0.3 is 5.97 Å². The molecule has 0 bridgehead atoms. The Kier molecular flexibility index (Phi) is 3.21. The molecule has 2 heterocycles. The smallest absolute Gasteiger partial charge is 0.329 e. The van der Waals surface area contributed by atoms with Crippen molar-refractivity contribution in [2.24, 2.45) is 0 Å². The molecule has 108 valence electrons. The van der Waals surface area contributed by atoms with E-state index in [0.717, 1.165) is 12.8 Å². The highest BCUT2D eigenvalue weighted by Crippen LogP contribution is 2.40. The van der Waals surface area contributed by atoms with Gasteiger partial charge in [0.15, 0.2) is 5.69 Å². The van der Waals surface area contributed by atoms with Crippen molar-refractivity contribution in [2.75, 3.05) is 13.2 Å². The minimum absolute atomic E-state index is 0.138. The van der Waals surface area contributed by atoms with Crippen LogP contribution in [-0.4, -0.2) is 40.9 Å². The first-order valence-electron chi connectivity index (χ1n) is 6.71. The number of nitrogens with one attached hydrogen (secondary N) is 1. The summed E-state index contributed by atoms with van der Waals surface area (Å²) < 4.78 is 10.3. The highest BCUT2D eigenvalue weighted by Gasteiger charge is 2.42. The SMILES string of the molecule is O=C(NC1(C(=O)O)CCOCC1)c1cc(C2CC2)on1. The molecule has 20 heavy (non-hydrogen) atoms. The predicted octanol–water partition coefficient (Wildman–Crippen LogP) is 0.916. The summed E-state index contributed by atoms with van der Waals surface area (Å²) in [5.74, 6) is -0.489. The second-order valence-electron chi connectivity index (χ2n) is 5.34. The number of hydrogen-bond acceptors (Lipinski definition) is 5. The molecule has 2 fully saturated rings. The molecule has 1 aliphatic heterocycles. The summed E-state index contributed by atoms with van der Waals surface area (Å²) in [6, 6.07) is 1.60. The lowest BCUT2D eigenvalue weighted by atomic mass is 9.90. The molecule has 2 aliphatic rings. The van der Waals surface area contributed by atoms with E-state index in [1.54, 1.807) is 6.07 Å². The van der Waals surface area contributed by atoms with Crippen LogP contribution < -0.4 is 5.32 Å². The lowest BCUT2D eigenvalue weighted by molar-refractivity contribution is -0.148. The van der Waals surface area contributed by atoms with Crippen LogP contribution in [-0.2, 0) is 9.53 Å². The first-order chi connectivity index (χ1) is 9.61. The van der Waals surface area contributed by atoms with Gasteiger partial charge in [-0.3, -0.25) is 4.79 Å². The number of carbonyl (C=O) groups is 2. The van der Waals surface area contributed by atoms with E-state index < -0.39 is 17.4 Å². The zero-order valence-electron chi connectivity index (χ0n) is 10.9. The van der Waals surface area contributed by atoms with E-state index in [4.69, 9.17) is 9.26 Å². The molecule has 3 rings (SSSR count). The molecule has 7 nitrogen and oxygen atoms in total. The maximum atomic E-state index is 12.1. The van der Waals surface area contributed by atoms with Crippen LogP contribution in [0.2, 0.25) is 0 Å². The molecule has 1 saturated heterocycles. The Morgan fingerprint density at radius 2 is 2.05 bits per heavy atom. The van der Waals surface area contributed by atoms with Crippen molar-refractivity contribution in [3.05, 3.63) is 17.5 Å². The first-order valence-corrected chi connectivity index (χ1v) is 6.71. The summed E-state index contributed by atoms with van der Waals surface area (Å²) in [5, 5.41) is 15.7. The van der Waals surface area contributed by atoms with Crippen molar-refractivity contribution in [1.82, 2.24) is 10.5 Å². The minimum atomic E-state index is -1.27. The van der Waals surface area contributed by atoms with Gasteiger partial charge in [0.05, 0.1) is 0 Å². The van der Waals surface area contributed by atoms with Gasteiger partial charge in [-0.25, -0.2) is 4.79 Å². The maximum absolute atomic E-state index is 12.1. The average molecular weight is 280 g/mol. The molecule has 7 heteroatoms. The van der Waals surface area contributed by atoms with E-state index in [-0.39, 0.29) is 18.5 Å². The molecule has 1 aromatic rings. The normalized spacial score (nSPS) is 21.4. The van der Waals surface area contributed by atoms with E-state index in [2.05, 4.69) is 10.5 Å². The molecule has 1 saturated carbocycles. The Morgan fingerprint density at radius 1 is 1.35 bits per heavy atom. The summed E-state index contributed by atoms with van der Waals surface area (Å²) in [6.07, 6.45) is 2.60. The van der Waals surface area contributed by atoms with Gasteiger partial charge < -0.3 is 19.7 Å². The maximum Gasteiger partial charge on any atom is 0.329 e. The summed E-state index contributed by atoms with van der Waals surface area (Å²) in [7, 11) is 0. The molecule has 0 atom stereocenters. The fourth-order valence-electron chi connectivity index (χ4n) is 2.35. The van der Waals surface area contributed by atoms with Crippen molar-refractivity contribution in [3.8, 4) is 0 Å². The Balaban J connectivity index is 1.73. The van der Waals surface area contributed by atoms with Crippen molar-refractivity contribution >= 4 is 11.9 Å². The Bertz CT molecular complexity index is 529. The van der Waals surface area contributed by atoms with E-state index in [9.17, 15) is 14.7 Å². The highest BCUT2D eigenvalue weighted by molar-refractivity contribution is 5.96. The monoisotopic (exact) mass is 280 g/mol. The Labute approximate surface area is 115 Å². The predicted molar refractivity (Wildman–Crippen MR) is 66.4 cm³/mol. The van der Waals surface area contributed by atoms with Crippen molar-refractivity contribution in [2.45, 2.75) is 37.1 Å². The van der Waals surface area contributed by atoms with Crippen LogP contribution in [0.25, 0.3) is 0 Å². The highest BCUT2D eigenvalue weighted by atomic mass is 16.5. The van der Waals surface area contributed by atoms with E-state index in [0.29, 0.717) is 24.9 Å². The third kappa shape index (κ3) is 2.40. The van der Waals surface area contributed by atoms with Crippen LogP contribution in [0.1, 0.15) is 47.8 Å². The van der Waals surface area contributed by atoms with E-state index in [1.807, 2.05) is 0 Å².